The van der Waals surface area contributed by atoms with E-state index in [-0.39, 0.29) is 17.6 Å². The van der Waals surface area contributed by atoms with Crippen molar-refractivity contribution in [1.29, 1.82) is 0 Å². The maximum atomic E-state index is 13.1. The summed E-state index contributed by atoms with van der Waals surface area (Å²) in [4.78, 5) is 44.7. The first-order valence-electron chi connectivity index (χ1n) is 9.98. The number of ketones is 1. The summed E-state index contributed by atoms with van der Waals surface area (Å²) in [6, 6.07) is 3.43. The lowest BCUT2D eigenvalue weighted by Gasteiger charge is -2.29. The van der Waals surface area contributed by atoms with Crippen LogP contribution in [-0.4, -0.2) is 91.3 Å². The van der Waals surface area contributed by atoms with Gasteiger partial charge < -0.3 is 14.5 Å². The highest BCUT2D eigenvalue weighted by molar-refractivity contribution is 7.15. The second-order valence-corrected chi connectivity index (χ2v) is 9.06. The van der Waals surface area contributed by atoms with Crippen LogP contribution in [0.1, 0.15) is 39.1 Å². The number of hydrogen-bond donors (Lipinski definition) is 0. The first-order valence-corrected chi connectivity index (χ1v) is 10.8. The van der Waals surface area contributed by atoms with E-state index in [0.717, 1.165) is 58.8 Å². The van der Waals surface area contributed by atoms with Gasteiger partial charge in [0.1, 0.15) is 0 Å². The molecule has 4 heterocycles. The lowest BCUT2D eigenvalue weighted by molar-refractivity contribution is -0.135. The number of carbonyl (C=O) groups excluding carboxylic acids is 3. The quantitative estimate of drug-likeness (QED) is 0.692. The monoisotopic (exact) mass is 405 g/mol. The summed E-state index contributed by atoms with van der Waals surface area (Å²) in [5.74, 6) is 0.115. The van der Waals surface area contributed by atoms with E-state index in [1.165, 1.54) is 18.3 Å². The molecule has 1 spiro atoms. The van der Waals surface area contributed by atoms with Crippen LogP contribution in [0, 0.1) is 5.41 Å². The zero-order valence-corrected chi connectivity index (χ0v) is 17.1. The molecule has 0 aromatic carbocycles. The highest BCUT2D eigenvalue weighted by Crippen LogP contribution is 2.41. The molecule has 3 aliphatic heterocycles. The van der Waals surface area contributed by atoms with Crippen molar-refractivity contribution < 1.29 is 19.1 Å². The lowest BCUT2D eigenvalue weighted by atomic mass is 9.85. The first kappa shape index (κ1) is 19.5. The van der Waals surface area contributed by atoms with Crippen LogP contribution in [0.4, 0.5) is 0 Å². The van der Waals surface area contributed by atoms with E-state index in [0.29, 0.717) is 22.8 Å². The van der Waals surface area contributed by atoms with Crippen molar-refractivity contribution in [2.75, 3.05) is 59.0 Å². The topological polar surface area (TPSA) is 70.2 Å². The third-order valence-electron chi connectivity index (χ3n) is 6.20. The molecule has 3 fully saturated rings. The number of Topliss-reactive ketones (excluding diaryl/α,β-unsaturated/α-hetero) is 1. The van der Waals surface area contributed by atoms with Gasteiger partial charge in [-0.15, -0.1) is 11.3 Å². The van der Waals surface area contributed by atoms with Gasteiger partial charge >= 0.3 is 0 Å². The molecule has 8 heteroatoms. The van der Waals surface area contributed by atoms with Gasteiger partial charge in [0, 0.05) is 45.8 Å². The van der Waals surface area contributed by atoms with Crippen molar-refractivity contribution in [2.24, 2.45) is 5.41 Å². The molecule has 152 valence electrons. The molecular weight excluding hydrogens is 378 g/mol. The van der Waals surface area contributed by atoms with E-state index >= 15 is 0 Å². The van der Waals surface area contributed by atoms with Crippen molar-refractivity contribution in [3.05, 3.63) is 21.9 Å². The summed E-state index contributed by atoms with van der Waals surface area (Å²) in [5.41, 5.74) is -0.415. The van der Waals surface area contributed by atoms with Crippen molar-refractivity contribution in [3.63, 3.8) is 0 Å². The molecule has 1 aromatic rings. The van der Waals surface area contributed by atoms with Gasteiger partial charge in [0.2, 0.25) is 5.91 Å². The Morgan fingerprint density at radius 1 is 1.07 bits per heavy atom. The van der Waals surface area contributed by atoms with Crippen molar-refractivity contribution >= 4 is 28.9 Å². The second kappa shape index (κ2) is 7.93. The highest BCUT2D eigenvalue weighted by Gasteiger charge is 2.51. The number of ether oxygens (including phenoxy) is 1. The molecule has 1 unspecified atom stereocenters. The van der Waals surface area contributed by atoms with E-state index < -0.39 is 5.41 Å². The van der Waals surface area contributed by atoms with Gasteiger partial charge in [-0.1, -0.05) is 0 Å². The van der Waals surface area contributed by atoms with E-state index in [2.05, 4.69) is 4.90 Å². The van der Waals surface area contributed by atoms with Crippen LogP contribution >= 0.6 is 11.3 Å². The van der Waals surface area contributed by atoms with Crippen LogP contribution < -0.4 is 0 Å². The maximum Gasteiger partial charge on any atom is 0.263 e. The van der Waals surface area contributed by atoms with Crippen molar-refractivity contribution in [3.8, 4) is 0 Å². The van der Waals surface area contributed by atoms with E-state index in [4.69, 9.17) is 4.74 Å². The van der Waals surface area contributed by atoms with Gasteiger partial charge in [-0.05, 0) is 31.9 Å². The van der Waals surface area contributed by atoms with E-state index in [9.17, 15) is 14.4 Å². The number of rotatable bonds is 5. The molecular formula is C20H27N3O4S. The fourth-order valence-electron chi connectivity index (χ4n) is 4.42. The average molecular weight is 406 g/mol. The van der Waals surface area contributed by atoms with Crippen molar-refractivity contribution in [2.45, 2.75) is 19.8 Å². The molecule has 0 saturated carbocycles. The molecule has 3 saturated heterocycles. The van der Waals surface area contributed by atoms with Crippen molar-refractivity contribution in [1.82, 2.24) is 14.7 Å². The van der Waals surface area contributed by atoms with E-state index in [1.807, 2.05) is 4.90 Å². The number of nitrogens with zero attached hydrogens (tertiary/aromatic N) is 3. The molecule has 0 radical (unpaired) electrons. The normalized spacial score (nSPS) is 25.8. The largest absolute Gasteiger partial charge is 0.379 e. The lowest BCUT2D eigenvalue weighted by Crippen LogP contribution is -2.43. The maximum absolute atomic E-state index is 13.1. The standard InChI is InChI=1S/C20H27N3O4S/c1-15(24)16-2-3-17(28-16)18(25)23-7-5-20(14-23)4-6-22(19(20)26)9-8-21-10-12-27-13-11-21/h2-3H,4-14H2,1H3. The Balaban J connectivity index is 1.35. The van der Waals surface area contributed by atoms with Gasteiger partial charge in [-0.3, -0.25) is 19.3 Å². The van der Waals surface area contributed by atoms with Crippen LogP contribution in [-0.2, 0) is 9.53 Å². The number of hydrogen-bond acceptors (Lipinski definition) is 6. The van der Waals surface area contributed by atoms with Crippen LogP contribution in [0.5, 0.6) is 0 Å². The summed E-state index contributed by atoms with van der Waals surface area (Å²) >= 11 is 1.24. The summed E-state index contributed by atoms with van der Waals surface area (Å²) in [5, 5.41) is 0. The number of carbonyl (C=O) groups is 3. The molecule has 1 aromatic heterocycles. The van der Waals surface area contributed by atoms with Gasteiger partial charge in [-0.2, -0.15) is 0 Å². The molecule has 1 atom stereocenters. The fraction of sp³-hybridized carbons (Fsp3) is 0.650. The van der Waals surface area contributed by atoms with Crippen LogP contribution in [0.2, 0.25) is 0 Å². The highest BCUT2D eigenvalue weighted by atomic mass is 32.1. The molecule has 0 bridgehead atoms. The third-order valence-corrected chi connectivity index (χ3v) is 7.37. The van der Waals surface area contributed by atoms with Gasteiger partial charge in [0.25, 0.3) is 5.91 Å². The number of thiophene rings is 1. The molecule has 7 nitrogen and oxygen atoms in total. The molecule has 3 aliphatic rings. The van der Waals surface area contributed by atoms with Crippen LogP contribution in [0.15, 0.2) is 12.1 Å². The minimum absolute atomic E-state index is 0.0242. The fourth-order valence-corrected chi connectivity index (χ4v) is 5.28. The Kier molecular flexibility index (Phi) is 5.53. The third kappa shape index (κ3) is 3.73. The number of morpholine rings is 1. The van der Waals surface area contributed by atoms with E-state index in [1.54, 1.807) is 17.0 Å². The number of likely N-dealkylation sites (tertiary alicyclic amines) is 2. The smallest absolute Gasteiger partial charge is 0.263 e. The Morgan fingerprint density at radius 2 is 1.79 bits per heavy atom. The zero-order chi connectivity index (χ0) is 19.7. The molecule has 0 N–H and O–H groups in total. The second-order valence-electron chi connectivity index (χ2n) is 7.97. The number of amides is 2. The summed E-state index contributed by atoms with van der Waals surface area (Å²) in [7, 11) is 0. The van der Waals surface area contributed by atoms with Crippen LogP contribution in [0.25, 0.3) is 0 Å². The minimum atomic E-state index is -0.415. The Hall–Kier alpha value is -1.77. The summed E-state index contributed by atoms with van der Waals surface area (Å²) < 4.78 is 5.38. The Labute approximate surface area is 169 Å². The minimum Gasteiger partial charge on any atom is -0.379 e. The zero-order valence-electron chi connectivity index (χ0n) is 16.3. The molecule has 28 heavy (non-hydrogen) atoms. The average Bonchev–Trinajstić information content (AvgIpc) is 3.42. The molecule has 4 rings (SSSR count). The van der Waals surface area contributed by atoms with Gasteiger partial charge in [0.15, 0.2) is 5.78 Å². The Morgan fingerprint density at radius 3 is 2.50 bits per heavy atom. The predicted octanol–water partition coefficient (Wildman–Crippen LogP) is 1.35. The predicted molar refractivity (Wildman–Crippen MR) is 106 cm³/mol. The summed E-state index contributed by atoms with van der Waals surface area (Å²) in [6.07, 6.45) is 1.55. The Bertz CT molecular complexity index is 773. The molecule has 2 amide bonds. The SMILES string of the molecule is CC(=O)c1ccc(C(=O)N2CCC3(CCN(CCN4CCOCC4)C3=O)C2)s1. The van der Waals surface area contributed by atoms with Gasteiger partial charge in [0.05, 0.1) is 28.4 Å². The van der Waals surface area contributed by atoms with Crippen LogP contribution in [0.3, 0.4) is 0 Å². The summed E-state index contributed by atoms with van der Waals surface area (Å²) in [6.45, 7) is 8.41. The first-order chi connectivity index (χ1) is 13.5. The van der Waals surface area contributed by atoms with Gasteiger partial charge in [-0.25, -0.2) is 0 Å². The molecule has 0 aliphatic carbocycles.